The molecule has 0 bridgehead atoms. The van der Waals surface area contributed by atoms with Gasteiger partial charge in [0.1, 0.15) is 6.10 Å². The standard InChI is InChI=1S/C13H24N2O2/c1-7-9(2)17-12(16)11-8-15(13(4,5)6)14-10(11)3/h7,9-11,14H,1,8H2,2-6H3/t9-,10?,11?/m1/s1. The largest absolute Gasteiger partial charge is 0.458 e. The van der Waals surface area contributed by atoms with Crippen LogP contribution in [-0.2, 0) is 9.53 Å². The van der Waals surface area contributed by atoms with Crippen molar-refractivity contribution in [2.45, 2.75) is 52.3 Å². The van der Waals surface area contributed by atoms with E-state index in [2.05, 4.69) is 37.8 Å². The van der Waals surface area contributed by atoms with Crippen LogP contribution in [0.1, 0.15) is 34.6 Å². The molecule has 1 aliphatic heterocycles. The summed E-state index contributed by atoms with van der Waals surface area (Å²) in [6.45, 7) is 14.5. The lowest BCUT2D eigenvalue weighted by atomic mass is 10.0. The van der Waals surface area contributed by atoms with Crippen molar-refractivity contribution in [2.24, 2.45) is 5.92 Å². The van der Waals surface area contributed by atoms with E-state index in [0.29, 0.717) is 6.54 Å². The van der Waals surface area contributed by atoms with Gasteiger partial charge in [0.05, 0.1) is 5.92 Å². The molecule has 0 aromatic rings. The molecule has 0 amide bonds. The number of hydrazine groups is 1. The van der Waals surface area contributed by atoms with Crippen molar-refractivity contribution in [3.8, 4) is 0 Å². The summed E-state index contributed by atoms with van der Waals surface area (Å²) in [4.78, 5) is 12.0. The van der Waals surface area contributed by atoms with Gasteiger partial charge in [-0.3, -0.25) is 10.2 Å². The predicted molar refractivity (Wildman–Crippen MR) is 68.3 cm³/mol. The number of nitrogens with one attached hydrogen (secondary N) is 1. The second-order valence-electron chi connectivity index (χ2n) is 5.68. The first-order valence-electron chi connectivity index (χ1n) is 6.12. The second kappa shape index (κ2) is 5.19. The molecule has 4 heteroatoms. The van der Waals surface area contributed by atoms with Gasteiger partial charge in [0.15, 0.2) is 0 Å². The molecule has 1 aliphatic rings. The van der Waals surface area contributed by atoms with Gasteiger partial charge < -0.3 is 4.74 Å². The molecule has 0 radical (unpaired) electrons. The molecule has 4 nitrogen and oxygen atoms in total. The highest BCUT2D eigenvalue weighted by atomic mass is 16.5. The van der Waals surface area contributed by atoms with Crippen molar-refractivity contribution >= 4 is 5.97 Å². The first-order valence-corrected chi connectivity index (χ1v) is 6.12. The number of rotatable bonds is 3. The van der Waals surface area contributed by atoms with Crippen LogP contribution in [0.4, 0.5) is 0 Å². The topological polar surface area (TPSA) is 41.6 Å². The van der Waals surface area contributed by atoms with Crippen LogP contribution in [0.5, 0.6) is 0 Å². The molecule has 1 heterocycles. The Kier molecular flexibility index (Phi) is 4.33. The molecule has 0 spiro atoms. The molecule has 0 saturated carbocycles. The third-order valence-corrected chi connectivity index (χ3v) is 3.09. The van der Waals surface area contributed by atoms with Crippen LogP contribution in [0.3, 0.4) is 0 Å². The Hall–Kier alpha value is -0.870. The highest BCUT2D eigenvalue weighted by molar-refractivity contribution is 5.74. The van der Waals surface area contributed by atoms with Crippen molar-refractivity contribution in [3.63, 3.8) is 0 Å². The van der Waals surface area contributed by atoms with Gasteiger partial charge in [0.25, 0.3) is 0 Å². The quantitative estimate of drug-likeness (QED) is 0.602. The summed E-state index contributed by atoms with van der Waals surface area (Å²) in [5, 5.41) is 2.10. The molecular formula is C13H24N2O2. The minimum Gasteiger partial charge on any atom is -0.458 e. The highest BCUT2D eigenvalue weighted by Gasteiger charge is 2.39. The van der Waals surface area contributed by atoms with Gasteiger partial charge in [0.2, 0.25) is 0 Å². The summed E-state index contributed by atoms with van der Waals surface area (Å²) in [5.41, 5.74) is 3.33. The fourth-order valence-corrected chi connectivity index (χ4v) is 1.81. The number of ether oxygens (including phenoxy) is 1. The summed E-state index contributed by atoms with van der Waals surface area (Å²) in [6, 6.07) is 0.110. The smallest absolute Gasteiger partial charge is 0.312 e. The minimum atomic E-state index is -0.224. The van der Waals surface area contributed by atoms with Gasteiger partial charge >= 0.3 is 5.97 Å². The zero-order chi connectivity index (χ0) is 13.2. The van der Waals surface area contributed by atoms with E-state index < -0.39 is 0 Å². The van der Waals surface area contributed by atoms with Crippen LogP contribution in [0.25, 0.3) is 0 Å². The number of nitrogens with zero attached hydrogens (tertiary/aromatic N) is 1. The molecule has 17 heavy (non-hydrogen) atoms. The fourth-order valence-electron chi connectivity index (χ4n) is 1.81. The lowest BCUT2D eigenvalue weighted by Crippen LogP contribution is -2.47. The lowest BCUT2D eigenvalue weighted by Gasteiger charge is -2.31. The molecule has 0 aromatic heterocycles. The molecule has 2 unspecified atom stereocenters. The normalized spacial score (nSPS) is 27.8. The van der Waals surface area contributed by atoms with Crippen LogP contribution in [-0.4, -0.2) is 35.2 Å². The van der Waals surface area contributed by atoms with Crippen LogP contribution in [0, 0.1) is 5.92 Å². The van der Waals surface area contributed by atoms with Crippen molar-refractivity contribution in [1.82, 2.24) is 10.4 Å². The Morgan fingerprint density at radius 3 is 2.59 bits per heavy atom. The van der Waals surface area contributed by atoms with Crippen LogP contribution >= 0.6 is 0 Å². The number of hydrogen-bond acceptors (Lipinski definition) is 4. The molecular weight excluding hydrogens is 216 g/mol. The number of hydrogen-bond donors (Lipinski definition) is 1. The van der Waals surface area contributed by atoms with Crippen LogP contribution in [0.15, 0.2) is 12.7 Å². The predicted octanol–water partition coefficient (Wildman–Crippen LogP) is 1.73. The molecule has 98 valence electrons. The Morgan fingerprint density at radius 2 is 2.18 bits per heavy atom. The third kappa shape index (κ3) is 3.54. The highest BCUT2D eigenvalue weighted by Crippen LogP contribution is 2.23. The monoisotopic (exact) mass is 240 g/mol. The van der Waals surface area contributed by atoms with Crippen molar-refractivity contribution in [1.29, 1.82) is 0 Å². The van der Waals surface area contributed by atoms with E-state index in [0.717, 1.165) is 0 Å². The third-order valence-electron chi connectivity index (χ3n) is 3.09. The number of carbonyl (C=O) groups is 1. The zero-order valence-corrected chi connectivity index (χ0v) is 11.5. The molecule has 1 rings (SSSR count). The summed E-state index contributed by atoms with van der Waals surface area (Å²) in [6.07, 6.45) is 1.41. The summed E-state index contributed by atoms with van der Waals surface area (Å²) in [7, 11) is 0. The first kappa shape index (κ1) is 14.2. The van der Waals surface area contributed by atoms with Crippen molar-refractivity contribution in [2.75, 3.05) is 6.54 Å². The Labute approximate surface area is 104 Å². The lowest BCUT2D eigenvalue weighted by molar-refractivity contribution is -0.151. The molecule has 1 saturated heterocycles. The van der Waals surface area contributed by atoms with Crippen molar-refractivity contribution < 1.29 is 9.53 Å². The molecule has 1 N–H and O–H groups in total. The first-order chi connectivity index (χ1) is 7.75. The van der Waals surface area contributed by atoms with Gasteiger partial charge in [-0.1, -0.05) is 12.7 Å². The molecule has 0 aliphatic carbocycles. The second-order valence-corrected chi connectivity index (χ2v) is 5.68. The summed E-state index contributed by atoms with van der Waals surface area (Å²) in [5.74, 6) is -0.263. The average Bonchev–Trinajstić information content (AvgIpc) is 2.59. The van der Waals surface area contributed by atoms with E-state index in [1.54, 1.807) is 6.08 Å². The van der Waals surface area contributed by atoms with Gasteiger partial charge in [-0.05, 0) is 34.6 Å². The van der Waals surface area contributed by atoms with Gasteiger partial charge in [-0.2, -0.15) is 0 Å². The van der Waals surface area contributed by atoms with E-state index in [1.807, 2.05) is 13.8 Å². The van der Waals surface area contributed by atoms with Crippen molar-refractivity contribution in [3.05, 3.63) is 12.7 Å². The summed E-state index contributed by atoms with van der Waals surface area (Å²) >= 11 is 0. The van der Waals surface area contributed by atoms with Crippen LogP contribution in [0.2, 0.25) is 0 Å². The number of esters is 1. The van der Waals surface area contributed by atoms with E-state index in [1.165, 1.54) is 0 Å². The Balaban J connectivity index is 2.61. The van der Waals surface area contributed by atoms with Gasteiger partial charge in [-0.25, -0.2) is 5.01 Å². The van der Waals surface area contributed by atoms with E-state index in [9.17, 15) is 4.79 Å². The number of carbonyl (C=O) groups excluding carboxylic acids is 1. The van der Waals surface area contributed by atoms with Gasteiger partial charge in [-0.15, -0.1) is 0 Å². The van der Waals surface area contributed by atoms with Crippen LogP contribution < -0.4 is 5.43 Å². The Morgan fingerprint density at radius 1 is 1.59 bits per heavy atom. The van der Waals surface area contributed by atoms with Gasteiger partial charge in [0, 0.05) is 18.1 Å². The fraction of sp³-hybridized carbons (Fsp3) is 0.769. The maximum atomic E-state index is 12.0. The van der Waals surface area contributed by atoms with E-state index in [-0.39, 0.29) is 29.6 Å². The molecule has 1 fully saturated rings. The minimum absolute atomic E-state index is 0.00728. The average molecular weight is 240 g/mol. The summed E-state index contributed by atoms with van der Waals surface area (Å²) < 4.78 is 5.29. The maximum Gasteiger partial charge on any atom is 0.312 e. The Bertz CT molecular complexity index is 296. The maximum absolute atomic E-state index is 12.0. The zero-order valence-electron chi connectivity index (χ0n) is 11.5. The van der Waals surface area contributed by atoms with E-state index >= 15 is 0 Å². The van der Waals surface area contributed by atoms with E-state index in [4.69, 9.17) is 4.74 Å². The molecule has 3 atom stereocenters. The molecule has 0 aromatic carbocycles. The SMILES string of the molecule is C=C[C@@H](C)OC(=O)C1CN(C(C)(C)C)NC1C.